The van der Waals surface area contributed by atoms with E-state index in [1.807, 2.05) is 31.1 Å². The summed E-state index contributed by atoms with van der Waals surface area (Å²) in [6, 6.07) is 1.54. The van der Waals surface area contributed by atoms with Crippen LogP contribution in [0.2, 0.25) is 0 Å². The van der Waals surface area contributed by atoms with E-state index in [-0.39, 0.29) is 5.43 Å². The van der Waals surface area contributed by atoms with Crippen LogP contribution in [0.25, 0.3) is 10.3 Å². The highest BCUT2D eigenvalue weighted by molar-refractivity contribution is 7.17. The summed E-state index contributed by atoms with van der Waals surface area (Å²) in [6.07, 6.45) is 0. The molecule has 0 N–H and O–H groups in total. The molecule has 0 radical (unpaired) electrons. The largest absolute Gasteiger partial charge is 0.439 e. The van der Waals surface area contributed by atoms with Crippen molar-refractivity contribution in [1.29, 1.82) is 0 Å². The Morgan fingerprint density at radius 2 is 1.54 bits per heavy atom. The number of rotatable bonds is 13. The van der Waals surface area contributed by atoms with Gasteiger partial charge in [-0.2, -0.15) is 0 Å². The van der Waals surface area contributed by atoms with Crippen LogP contribution in [-0.2, 0) is 18.9 Å². The molecule has 0 aromatic carbocycles. The molecule has 0 amide bonds. The Hall–Kier alpha value is -1.45. The molecule has 160 valence electrons. The monoisotopic (exact) mass is 415 g/mol. The third-order valence-corrected chi connectivity index (χ3v) is 4.88. The summed E-state index contributed by atoms with van der Waals surface area (Å²) >= 11 is 1.41. The van der Waals surface area contributed by atoms with Gasteiger partial charge in [-0.3, -0.25) is 4.79 Å². The number of anilines is 1. The molecule has 0 fully saturated rings. The zero-order chi connectivity index (χ0) is 20.8. The van der Waals surface area contributed by atoms with E-state index >= 15 is 0 Å². The lowest BCUT2D eigenvalue weighted by atomic mass is 10.3. The Balaban J connectivity index is 0.00000190. The Kier molecular flexibility index (Phi) is 12.8. The fourth-order valence-corrected chi connectivity index (χ4v) is 3.25. The fourth-order valence-electron chi connectivity index (χ4n) is 2.37. The van der Waals surface area contributed by atoms with Gasteiger partial charge in [0, 0.05) is 38.9 Å². The van der Waals surface area contributed by atoms with E-state index in [4.69, 9.17) is 23.4 Å². The zero-order valence-corrected chi connectivity index (χ0v) is 18.4. The maximum atomic E-state index is 12.4. The van der Waals surface area contributed by atoms with Gasteiger partial charge in [0.2, 0.25) is 5.43 Å². The van der Waals surface area contributed by atoms with E-state index in [9.17, 15) is 4.79 Å². The van der Waals surface area contributed by atoms with Crippen LogP contribution in [0.4, 0.5) is 5.88 Å². The maximum absolute atomic E-state index is 12.4. The first-order chi connectivity index (χ1) is 13.7. The molecule has 0 atom stereocenters. The highest BCUT2D eigenvalue weighted by Gasteiger charge is 2.14. The van der Waals surface area contributed by atoms with E-state index in [2.05, 4.69) is 0 Å². The number of nitrogens with zero attached hydrogens (tertiary/aromatic N) is 1. The number of fused-ring (bicyclic) bond motifs is 1. The second kappa shape index (κ2) is 14.5. The predicted molar refractivity (Wildman–Crippen MR) is 114 cm³/mol. The van der Waals surface area contributed by atoms with E-state index in [0.29, 0.717) is 68.9 Å². The highest BCUT2D eigenvalue weighted by atomic mass is 32.1. The van der Waals surface area contributed by atoms with Crippen molar-refractivity contribution in [3.05, 3.63) is 27.2 Å². The maximum Gasteiger partial charge on any atom is 0.204 e. The molecule has 0 saturated carbocycles. The summed E-state index contributed by atoms with van der Waals surface area (Å²) in [7, 11) is 3.28. The van der Waals surface area contributed by atoms with Crippen LogP contribution >= 0.6 is 11.3 Å². The van der Waals surface area contributed by atoms with E-state index in [0.717, 1.165) is 5.56 Å². The molecule has 0 bridgehead atoms. The van der Waals surface area contributed by atoms with Gasteiger partial charge < -0.3 is 28.3 Å². The molecule has 28 heavy (non-hydrogen) atoms. The van der Waals surface area contributed by atoms with Gasteiger partial charge in [0.25, 0.3) is 0 Å². The molecule has 0 spiro atoms. The molecule has 0 saturated heterocycles. The summed E-state index contributed by atoms with van der Waals surface area (Å²) < 4.78 is 27.7. The average molecular weight is 416 g/mol. The normalized spacial score (nSPS) is 10.8. The number of hydrogen-bond acceptors (Lipinski definition) is 8. The van der Waals surface area contributed by atoms with Crippen LogP contribution < -0.4 is 10.3 Å². The van der Waals surface area contributed by atoms with Crippen LogP contribution in [0.5, 0.6) is 0 Å². The number of thiophene rings is 1. The van der Waals surface area contributed by atoms with Crippen LogP contribution in [0.3, 0.4) is 0 Å². The number of methoxy groups -OCH3 is 2. The molecular formula is C20H33NO6S. The van der Waals surface area contributed by atoms with Gasteiger partial charge in [-0.05, 0) is 12.3 Å². The Labute approximate surface area is 171 Å². The van der Waals surface area contributed by atoms with Crippen LogP contribution in [0, 0.1) is 6.92 Å². The smallest absolute Gasteiger partial charge is 0.204 e. The SMILES string of the molecule is CC.COCCOCCN(CCOCCOC)c1cc(=O)c2scc(C)c2o1. The van der Waals surface area contributed by atoms with Gasteiger partial charge in [0.15, 0.2) is 11.5 Å². The third kappa shape index (κ3) is 7.89. The summed E-state index contributed by atoms with van der Waals surface area (Å²) in [6.45, 7) is 10.3. The minimum Gasteiger partial charge on any atom is -0.439 e. The molecule has 2 heterocycles. The lowest BCUT2D eigenvalue weighted by molar-refractivity contribution is 0.0672. The van der Waals surface area contributed by atoms with E-state index in [1.54, 1.807) is 20.3 Å². The van der Waals surface area contributed by atoms with Crippen molar-refractivity contribution in [2.75, 3.05) is 71.9 Å². The molecule has 0 aliphatic heterocycles. The van der Waals surface area contributed by atoms with Crippen LogP contribution in [-0.4, -0.2) is 67.0 Å². The Morgan fingerprint density at radius 3 is 2.07 bits per heavy atom. The lowest BCUT2D eigenvalue weighted by Crippen LogP contribution is -2.32. The molecule has 0 aliphatic rings. The topological polar surface area (TPSA) is 70.4 Å². The van der Waals surface area contributed by atoms with Gasteiger partial charge >= 0.3 is 0 Å². The second-order valence-electron chi connectivity index (χ2n) is 5.72. The minimum atomic E-state index is -0.0232. The first-order valence-corrected chi connectivity index (χ1v) is 10.5. The highest BCUT2D eigenvalue weighted by Crippen LogP contribution is 2.26. The quantitative estimate of drug-likeness (QED) is 0.465. The predicted octanol–water partition coefficient (Wildman–Crippen LogP) is 3.32. The van der Waals surface area contributed by atoms with Gasteiger partial charge in [-0.1, -0.05) is 13.8 Å². The van der Waals surface area contributed by atoms with Gasteiger partial charge in [0.1, 0.15) is 4.70 Å². The van der Waals surface area contributed by atoms with Crippen molar-refractivity contribution in [3.63, 3.8) is 0 Å². The molecule has 2 aromatic rings. The number of hydrogen-bond donors (Lipinski definition) is 0. The Bertz CT molecular complexity index is 700. The van der Waals surface area contributed by atoms with Gasteiger partial charge in [-0.15, -0.1) is 11.3 Å². The first kappa shape index (κ1) is 24.6. The van der Waals surface area contributed by atoms with E-state index in [1.165, 1.54) is 11.3 Å². The molecule has 7 nitrogen and oxygen atoms in total. The molecule has 0 aliphatic carbocycles. The second-order valence-corrected chi connectivity index (χ2v) is 6.60. The van der Waals surface area contributed by atoms with Crippen molar-refractivity contribution in [2.24, 2.45) is 0 Å². The summed E-state index contributed by atoms with van der Waals surface area (Å²) in [4.78, 5) is 14.3. The Morgan fingerprint density at radius 1 is 0.964 bits per heavy atom. The molecule has 2 rings (SSSR count). The van der Waals surface area contributed by atoms with Crippen LogP contribution in [0.1, 0.15) is 19.4 Å². The minimum absolute atomic E-state index is 0.0232. The van der Waals surface area contributed by atoms with Crippen molar-refractivity contribution in [1.82, 2.24) is 0 Å². The van der Waals surface area contributed by atoms with Crippen molar-refractivity contribution in [3.8, 4) is 0 Å². The summed E-state index contributed by atoms with van der Waals surface area (Å²) in [5.41, 5.74) is 1.60. The molecular weight excluding hydrogens is 382 g/mol. The standard InChI is InChI=1S/C18H27NO6S.C2H6/c1-14-13-26-18-15(20)12-16(25-17(14)18)19(4-6-23-10-8-21-2)5-7-24-11-9-22-3;1-2/h12-13H,4-11H2,1-3H3;1-2H3. The van der Waals surface area contributed by atoms with E-state index < -0.39 is 0 Å². The first-order valence-electron chi connectivity index (χ1n) is 9.57. The lowest BCUT2D eigenvalue weighted by Gasteiger charge is -2.23. The third-order valence-electron chi connectivity index (χ3n) is 3.79. The van der Waals surface area contributed by atoms with Crippen molar-refractivity contribution >= 4 is 27.5 Å². The summed E-state index contributed by atoms with van der Waals surface area (Å²) in [5, 5.41) is 1.94. The average Bonchev–Trinajstić information content (AvgIpc) is 3.09. The fraction of sp³-hybridized carbons (Fsp3) is 0.650. The van der Waals surface area contributed by atoms with Gasteiger partial charge in [0.05, 0.1) is 39.6 Å². The zero-order valence-electron chi connectivity index (χ0n) is 17.6. The molecule has 2 aromatic heterocycles. The van der Waals surface area contributed by atoms with Crippen LogP contribution in [0.15, 0.2) is 20.7 Å². The molecule has 8 heteroatoms. The molecule has 0 unspecified atom stereocenters. The van der Waals surface area contributed by atoms with Gasteiger partial charge in [-0.25, -0.2) is 0 Å². The number of ether oxygens (including phenoxy) is 4. The number of aryl methyl sites for hydroxylation is 1. The van der Waals surface area contributed by atoms with Crippen molar-refractivity contribution < 1.29 is 23.4 Å². The summed E-state index contributed by atoms with van der Waals surface area (Å²) in [5.74, 6) is 0.537. The van der Waals surface area contributed by atoms with Crippen molar-refractivity contribution in [2.45, 2.75) is 20.8 Å².